The highest BCUT2D eigenvalue weighted by Gasteiger charge is 2.16. The smallest absolute Gasteiger partial charge is 0.135 e. The summed E-state index contributed by atoms with van der Waals surface area (Å²) in [6.07, 6.45) is 6.71. The van der Waals surface area contributed by atoms with E-state index in [9.17, 15) is 0 Å². The van der Waals surface area contributed by atoms with Gasteiger partial charge in [0.1, 0.15) is 11.2 Å². The molecule has 0 unspecified atom stereocenters. The lowest BCUT2D eigenvalue weighted by molar-refractivity contribution is 0.669. The topological polar surface area (TPSA) is 13.1 Å². The van der Waals surface area contributed by atoms with Crippen molar-refractivity contribution >= 4 is 38.8 Å². The molecule has 0 fully saturated rings. The van der Waals surface area contributed by atoms with Crippen LogP contribution < -0.4 is 0 Å². The monoisotopic (exact) mass is 498 g/mol. The number of allylic oxidation sites excluding steroid dienone is 1. The molecule has 0 atom stereocenters. The molecule has 0 radical (unpaired) electrons. The van der Waals surface area contributed by atoms with Gasteiger partial charge >= 0.3 is 0 Å². The van der Waals surface area contributed by atoms with Crippen molar-refractivity contribution in [1.29, 1.82) is 0 Å². The first kappa shape index (κ1) is 22.1. The molecule has 1 heteroatoms. The minimum atomic E-state index is 0.922. The van der Waals surface area contributed by atoms with E-state index >= 15 is 0 Å². The third-order valence-electron chi connectivity index (χ3n) is 8.13. The van der Waals surface area contributed by atoms with Crippen molar-refractivity contribution < 1.29 is 4.42 Å². The molecule has 0 N–H and O–H groups in total. The van der Waals surface area contributed by atoms with E-state index in [1.54, 1.807) is 0 Å². The van der Waals surface area contributed by atoms with Gasteiger partial charge in [0.2, 0.25) is 0 Å². The molecule has 1 nitrogen and oxygen atoms in total. The van der Waals surface area contributed by atoms with Gasteiger partial charge in [-0.05, 0) is 105 Å². The molecule has 0 saturated heterocycles. The zero-order chi connectivity index (χ0) is 25.8. The maximum atomic E-state index is 6.32. The van der Waals surface area contributed by atoms with E-state index in [1.807, 2.05) is 0 Å². The molecule has 184 valence electrons. The molecule has 1 aliphatic carbocycles. The van der Waals surface area contributed by atoms with Crippen LogP contribution >= 0.6 is 0 Å². The van der Waals surface area contributed by atoms with Crippen LogP contribution in [0.1, 0.15) is 17.5 Å². The van der Waals surface area contributed by atoms with Crippen LogP contribution in [-0.2, 0) is 6.42 Å². The minimum absolute atomic E-state index is 0.922. The molecule has 8 rings (SSSR count). The van der Waals surface area contributed by atoms with Gasteiger partial charge in [-0.2, -0.15) is 0 Å². The molecule has 0 saturated carbocycles. The van der Waals surface area contributed by atoms with Crippen molar-refractivity contribution in [1.82, 2.24) is 0 Å². The maximum Gasteiger partial charge on any atom is 0.135 e. The zero-order valence-electron chi connectivity index (χ0n) is 21.5. The SMILES string of the molecule is C1=Cc2cccc(-c3ccc4oc5ccc(-c6cc7ccccc7cc6-c6ccccc6)cc5c4c3)c2CC1. The fourth-order valence-corrected chi connectivity index (χ4v) is 6.20. The summed E-state index contributed by atoms with van der Waals surface area (Å²) in [6.45, 7) is 0. The van der Waals surface area contributed by atoms with Crippen molar-refractivity contribution in [2.75, 3.05) is 0 Å². The number of furan rings is 1. The molecule has 1 aliphatic rings. The lowest BCUT2D eigenvalue weighted by Gasteiger charge is -2.15. The van der Waals surface area contributed by atoms with E-state index in [2.05, 4.69) is 133 Å². The molecule has 39 heavy (non-hydrogen) atoms. The predicted octanol–water partition coefficient (Wildman–Crippen LogP) is 10.7. The normalized spacial score (nSPS) is 12.8. The van der Waals surface area contributed by atoms with Gasteiger partial charge in [-0.15, -0.1) is 0 Å². The van der Waals surface area contributed by atoms with Crippen LogP contribution in [0.4, 0.5) is 0 Å². The Labute approximate surface area is 227 Å². The molecule has 7 aromatic rings. The largest absolute Gasteiger partial charge is 0.456 e. The van der Waals surface area contributed by atoms with Crippen molar-refractivity contribution in [3.63, 3.8) is 0 Å². The summed E-state index contributed by atoms with van der Waals surface area (Å²) in [5.41, 5.74) is 12.1. The van der Waals surface area contributed by atoms with Crippen LogP contribution in [0.25, 0.3) is 72.2 Å². The zero-order valence-corrected chi connectivity index (χ0v) is 21.5. The summed E-state index contributed by atoms with van der Waals surface area (Å²) in [4.78, 5) is 0. The minimum Gasteiger partial charge on any atom is -0.456 e. The maximum absolute atomic E-state index is 6.32. The molecular formula is C38H26O. The summed E-state index contributed by atoms with van der Waals surface area (Å²) in [6, 6.07) is 43.9. The summed E-state index contributed by atoms with van der Waals surface area (Å²) >= 11 is 0. The Morgan fingerprint density at radius 1 is 0.487 bits per heavy atom. The van der Waals surface area contributed by atoms with Crippen LogP contribution in [0.2, 0.25) is 0 Å². The van der Waals surface area contributed by atoms with E-state index in [4.69, 9.17) is 4.42 Å². The Morgan fingerprint density at radius 2 is 1.13 bits per heavy atom. The van der Waals surface area contributed by atoms with Crippen molar-refractivity contribution in [2.24, 2.45) is 0 Å². The van der Waals surface area contributed by atoms with Crippen LogP contribution in [0.15, 0.2) is 132 Å². The standard InChI is InChI=1S/C38H26O/c1-2-9-26(10-3-1)33-21-27-12-4-5-13-28(27)22-34(33)30-18-20-38-36(24-30)35-23-29(17-19-37(35)39-38)32-16-8-14-25-11-6-7-15-31(25)32/h1-6,8-14,16-24H,7,15H2. The van der Waals surface area contributed by atoms with Gasteiger partial charge in [0.25, 0.3) is 0 Å². The van der Waals surface area contributed by atoms with E-state index in [1.165, 1.54) is 55.3 Å². The molecule has 1 heterocycles. The van der Waals surface area contributed by atoms with E-state index in [-0.39, 0.29) is 0 Å². The predicted molar refractivity (Wildman–Crippen MR) is 165 cm³/mol. The molecule has 0 aliphatic heterocycles. The van der Waals surface area contributed by atoms with E-state index in [0.717, 1.165) is 34.8 Å². The summed E-state index contributed by atoms with van der Waals surface area (Å²) in [5, 5.41) is 4.81. The van der Waals surface area contributed by atoms with Gasteiger partial charge in [-0.1, -0.05) is 97.1 Å². The lowest BCUT2D eigenvalue weighted by atomic mass is 9.89. The Balaban J connectivity index is 1.34. The summed E-state index contributed by atoms with van der Waals surface area (Å²) in [7, 11) is 0. The Kier molecular flexibility index (Phi) is 5.03. The number of benzene rings is 6. The summed E-state index contributed by atoms with van der Waals surface area (Å²) < 4.78 is 6.32. The Hall–Kier alpha value is -4.88. The van der Waals surface area contributed by atoms with Crippen LogP contribution in [0, 0.1) is 0 Å². The first-order valence-electron chi connectivity index (χ1n) is 13.7. The highest BCUT2D eigenvalue weighted by Crippen LogP contribution is 2.40. The van der Waals surface area contributed by atoms with Crippen LogP contribution in [0.3, 0.4) is 0 Å². The quantitative estimate of drug-likeness (QED) is 0.236. The van der Waals surface area contributed by atoms with Crippen molar-refractivity contribution in [3.8, 4) is 33.4 Å². The van der Waals surface area contributed by atoms with Gasteiger partial charge in [-0.25, -0.2) is 0 Å². The highest BCUT2D eigenvalue weighted by molar-refractivity contribution is 6.08. The fourth-order valence-electron chi connectivity index (χ4n) is 6.20. The third-order valence-corrected chi connectivity index (χ3v) is 8.13. The molecule has 0 spiro atoms. The number of rotatable bonds is 3. The van der Waals surface area contributed by atoms with Crippen LogP contribution in [-0.4, -0.2) is 0 Å². The number of fused-ring (bicyclic) bond motifs is 5. The first-order valence-corrected chi connectivity index (χ1v) is 13.7. The Morgan fingerprint density at radius 3 is 1.85 bits per heavy atom. The molecule has 0 amide bonds. The van der Waals surface area contributed by atoms with Gasteiger partial charge in [0, 0.05) is 10.8 Å². The molecule has 6 aromatic carbocycles. The molecular weight excluding hydrogens is 472 g/mol. The fraction of sp³-hybridized carbons (Fsp3) is 0.0526. The number of hydrogen-bond donors (Lipinski definition) is 0. The van der Waals surface area contributed by atoms with E-state index in [0.29, 0.717) is 0 Å². The first-order chi connectivity index (χ1) is 19.3. The average molecular weight is 499 g/mol. The second-order valence-electron chi connectivity index (χ2n) is 10.4. The van der Waals surface area contributed by atoms with Gasteiger partial charge < -0.3 is 4.42 Å². The van der Waals surface area contributed by atoms with Crippen molar-refractivity contribution in [2.45, 2.75) is 12.8 Å². The molecule has 0 bridgehead atoms. The van der Waals surface area contributed by atoms with Gasteiger partial charge in [0.15, 0.2) is 0 Å². The summed E-state index contributed by atoms with van der Waals surface area (Å²) in [5.74, 6) is 0. The molecule has 1 aromatic heterocycles. The van der Waals surface area contributed by atoms with E-state index < -0.39 is 0 Å². The van der Waals surface area contributed by atoms with Crippen molar-refractivity contribution in [3.05, 3.63) is 139 Å². The third kappa shape index (κ3) is 3.70. The second-order valence-corrected chi connectivity index (χ2v) is 10.4. The van der Waals surface area contributed by atoms with Gasteiger partial charge in [-0.3, -0.25) is 0 Å². The average Bonchev–Trinajstić information content (AvgIpc) is 3.38. The van der Waals surface area contributed by atoms with Gasteiger partial charge in [0.05, 0.1) is 0 Å². The van der Waals surface area contributed by atoms with Crippen LogP contribution in [0.5, 0.6) is 0 Å². The highest BCUT2D eigenvalue weighted by atomic mass is 16.3. The number of hydrogen-bond acceptors (Lipinski definition) is 1. The lowest BCUT2D eigenvalue weighted by Crippen LogP contribution is -1.97. The second kappa shape index (κ2) is 8.85. The Bertz CT molecular complexity index is 2060.